The quantitative estimate of drug-likeness (QED) is 0.773. The molecule has 0 aliphatic heterocycles. The SMILES string of the molecule is CC(C)OCCNc1c(Br)cnn(CC2CCC2)c1=O. The van der Waals surface area contributed by atoms with Gasteiger partial charge in [0.05, 0.1) is 23.4 Å². The highest BCUT2D eigenvalue weighted by Gasteiger charge is 2.20. The van der Waals surface area contributed by atoms with E-state index in [4.69, 9.17) is 4.74 Å². The van der Waals surface area contributed by atoms with E-state index in [0.29, 0.717) is 29.2 Å². The van der Waals surface area contributed by atoms with Crippen LogP contribution in [0.3, 0.4) is 0 Å². The zero-order valence-electron chi connectivity index (χ0n) is 12.1. The summed E-state index contributed by atoms with van der Waals surface area (Å²) >= 11 is 3.38. The topological polar surface area (TPSA) is 56.1 Å². The van der Waals surface area contributed by atoms with E-state index in [2.05, 4.69) is 26.3 Å². The standard InChI is InChI=1S/C14H22BrN3O2/c1-10(2)20-7-6-16-13-12(15)8-17-18(14(13)19)9-11-4-3-5-11/h8,10-11,16H,3-7,9H2,1-2H3. The molecule has 0 radical (unpaired) electrons. The lowest BCUT2D eigenvalue weighted by Gasteiger charge is -2.25. The molecule has 1 fully saturated rings. The number of nitrogens with one attached hydrogen (secondary N) is 1. The summed E-state index contributed by atoms with van der Waals surface area (Å²) in [7, 11) is 0. The van der Waals surface area contributed by atoms with E-state index in [0.717, 1.165) is 6.54 Å². The first-order valence-electron chi connectivity index (χ1n) is 7.19. The second-order valence-corrected chi connectivity index (χ2v) is 6.35. The molecule has 6 heteroatoms. The third kappa shape index (κ3) is 4.06. The zero-order valence-corrected chi connectivity index (χ0v) is 13.6. The highest BCUT2D eigenvalue weighted by molar-refractivity contribution is 9.10. The molecular formula is C14H22BrN3O2. The van der Waals surface area contributed by atoms with Crippen molar-refractivity contribution >= 4 is 21.6 Å². The number of rotatable bonds is 7. The molecule has 0 bridgehead atoms. The average molecular weight is 344 g/mol. The van der Waals surface area contributed by atoms with Gasteiger partial charge in [-0.25, -0.2) is 4.68 Å². The van der Waals surface area contributed by atoms with Crippen LogP contribution in [0.25, 0.3) is 0 Å². The van der Waals surface area contributed by atoms with Crippen LogP contribution in [-0.2, 0) is 11.3 Å². The highest BCUT2D eigenvalue weighted by atomic mass is 79.9. The van der Waals surface area contributed by atoms with Crippen molar-refractivity contribution in [3.05, 3.63) is 21.0 Å². The number of halogens is 1. The summed E-state index contributed by atoms with van der Waals surface area (Å²) in [4.78, 5) is 12.4. The van der Waals surface area contributed by atoms with Crippen molar-refractivity contribution in [3.8, 4) is 0 Å². The molecule has 20 heavy (non-hydrogen) atoms. The van der Waals surface area contributed by atoms with Crippen LogP contribution in [-0.4, -0.2) is 29.0 Å². The Hall–Kier alpha value is -0.880. The zero-order chi connectivity index (χ0) is 14.5. The molecule has 0 atom stereocenters. The molecule has 1 N–H and O–H groups in total. The highest BCUT2D eigenvalue weighted by Crippen LogP contribution is 2.27. The fraction of sp³-hybridized carbons (Fsp3) is 0.714. The Kier molecular flexibility index (Phi) is 5.60. The van der Waals surface area contributed by atoms with Crippen LogP contribution in [0.15, 0.2) is 15.5 Å². The summed E-state index contributed by atoms with van der Waals surface area (Å²) in [6, 6.07) is 0. The predicted octanol–water partition coefficient (Wildman–Crippen LogP) is 2.64. The van der Waals surface area contributed by atoms with Crippen molar-refractivity contribution in [1.82, 2.24) is 9.78 Å². The van der Waals surface area contributed by atoms with Gasteiger partial charge in [-0.3, -0.25) is 4.79 Å². The maximum absolute atomic E-state index is 12.4. The van der Waals surface area contributed by atoms with Crippen molar-refractivity contribution in [2.24, 2.45) is 5.92 Å². The second-order valence-electron chi connectivity index (χ2n) is 5.50. The van der Waals surface area contributed by atoms with Crippen LogP contribution >= 0.6 is 15.9 Å². The van der Waals surface area contributed by atoms with Gasteiger partial charge in [-0.15, -0.1) is 0 Å². The van der Waals surface area contributed by atoms with Crippen LogP contribution in [0.4, 0.5) is 5.69 Å². The van der Waals surface area contributed by atoms with Crippen LogP contribution in [0.1, 0.15) is 33.1 Å². The number of anilines is 1. The van der Waals surface area contributed by atoms with Crippen LogP contribution in [0, 0.1) is 5.92 Å². The van der Waals surface area contributed by atoms with Gasteiger partial charge in [-0.2, -0.15) is 5.10 Å². The van der Waals surface area contributed by atoms with Crippen LogP contribution < -0.4 is 10.9 Å². The molecule has 0 saturated heterocycles. The lowest BCUT2D eigenvalue weighted by Crippen LogP contribution is -2.31. The molecule has 1 saturated carbocycles. The van der Waals surface area contributed by atoms with Crippen molar-refractivity contribution < 1.29 is 4.74 Å². The summed E-state index contributed by atoms with van der Waals surface area (Å²) in [6.45, 7) is 5.90. The van der Waals surface area contributed by atoms with Gasteiger partial charge < -0.3 is 10.1 Å². The maximum Gasteiger partial charge on any atom is 0.291 e. The lowest BCUT2D eigenvalue weighted by atomic mass is 9.85. The first-order chi connectivity index (χ1) is 9.58. The van der Waals surface area contributed by atoms with Gasteiger partial charge >= 0.3 is 0 Å². The van der Waals surface area contributed by atoms with Gasteiger partial charge in [-0.1, -0.05) is 6.42 Å². The van der Waals surface area contributed by atoms with E-state index in [1.807, 2.05) is 13.8 Å². The molecule has 5 nitrogen and oxygen atoms in total. The van der Waals surface area contributed by atoms with Crippen molar-refractivity contribution in [1.29, 1.82) is 0 Å². The summed E-state index contributed by atoms with van der Waals surface area (Å²) < 4.78 is 7.74. The molecule has 0 amide bonds. The van der Waals surface area contributed by atoms with E-state index < -0.39 is 0 Å². The summed E-state index contributed by atoms with van der Waals surface area (Å²) in [6.07, 6.45) is 5.57. The number of hydrogen-bond acceptors (Lipinski definition) is 4. The van der Waals surface area contributed by atoms with E-state index in [9.17, 15) is 4.79 Å². The molecule has 0 unspecified atom stereocenters. The Bertz CT molecular complexity index is 498. The van der Waals surface area contributed by atoms with Gasteiger partial charge in [0.1, 0.15) is 5.69 Å². The smallest absolute Gasteiger partial charge is 0.291 e. The Morgan fingerprint density at radius 1 is 1.55 bits per heavy atom. The fourth-order valence-corrected chi connectivity index (χ4v) is 2.55. The van der Waals surface area contributed by atoms with Gasteiger partial charge in [-0.05, 0) is 48.5 Å². The maximum atomic E-state index is 12.4. The number of nitrogens with zero attached hydrogens (tertiary/aromatic N) is 2. The minimum atomic E-state index is -0.0594. The summed E-state index contributed by atoms with van der Waals surface area (Å²) in [5.74, 6) is 0.610. The monoisotopic (exact) mass is 343 g/mol. The molecule has 1 aliphatic rings. The van der Waals surface area contributed by atoms with Gasteiger partial charge in [0.15, 0.2) is 0 Å². The van der Waals surface area contributed by atoms with Crippen LogP contribution in [0.5, 0.6) is 0 Å². The van der Waals surface area contributed by atoms with Gasteiger partial charge in [0.2, 0.25) is 0 Å². The molecule has 1 heterocycles. The van der Waals surface area contributed by atoms with Gasteiger partial charge in [0.25, 0.3) is 5.56 Å². The molecule has 1 aromatic heterocycles. The molecule has 0 aromatic carbocycles. The first-order valence-corrected chi connectivity index (χ1v) is 7.98. The Morgan fingerprint density at radius 3 is 2.90 bits per heavy atom. The fourth-order valence-electron chi connectivity index (χ4n) is 2.15. The molecule has 1 aromatic rings. The van der Waals surface area contributed by atoms with E-state index in [1.54, 1.807) is 10.9 Å². The molecule has 2 rings (SSSR count). The average Bonchev–Trinajstić information content (AvgIpc) is 2.34. The third-order valence-electron chi connectivity index (χ3n) is 3.51. The molecule has 1 aliphatic carbocycles. The van der Waals surface area contributed by atoms with Crippen molar-refractivity contribution in [3.63, 3.8) is 0 Å². The Morgan fingerprint density at radius 2 is 2.30 bits per heavy atom. The van der Waals surface area contributed by atoms with E-state index >= 15 is 0 Å². The van der Waals surface area contributed by atoms with E-state index in [1.165, 1.54) is 19.3 Å². The normalized spacial score (nSPS) is 15.4. The Balaban J connectivity index is 1.99. The Labute approximate surface area is 127 Å². The minimum Gasteiger partial charge on any atom is -0.377 e. The predicted molar refractivity (Wildman–Crippen MR) is 83.1 cm³/mol. The molecule has 0 spiro atoms. The molecule has 112 valence electrons. The first kappa shape index (κ1) is 15.5. The summed E-state index contributed by atoms with van der Waals surface area (Å²) in [5, 5.41) is 7.34. The number of hydrogen-bond donors (Lipinski definition) is 1. The minimum absolute atomic E-state index is 0.0594. The van der Waals surface area contributed by atoms with Crippen molar-refractivity contribution in [2.75, 3.05) is 18.5 Å². The largest absolute Gasteiger partial charge is 0.377 e. The lowest BCUT2D eigenvalue weighted by molar-refractivity contribution is 0.0870. The molecular weight excluding hydrogens is 322 g/mol. The number of ether oxygens (including phenoxy) is 1. The van der Waals surface area contributed by atoms with Crippen LogP contribution in [0.2, 0.25) is 0 Å². The summed E-state index contributed by atoms with van der Waals surface area (Å²) in [5.41, 5.74) is 0.516. The number of aromatic nitrogens is 2. The third-order valence-corrected chi connectivity index (χ3v) is 4.11. The van der Waals surface area contributed by atoms with E-state index in [-0.39, 0.29) is 11.7 Å². The van der Waals surface area contributed by atoms with Crippen molar-refractivity contribution in [2.45, 2.75) is 45.8 Å². The van der Waals surface area contributed by atoms with Gasteiger partial charge in [0, 0.05) is 13.1 Å². The second kappa shape index (κ2) is 7.22.